The lowest BCUT2D eigenvalue weighted by Crippen LogP contribution is -2.54. The van der Waals surface area contributed by atoms with Crippen LogP contribution in [-0.2, 0) is 0 Å². The standard InChI is InChI=1S/C13H19N/c1-9-8-14(9)13-5-10-2-11(6-13)4-12(3-10)7-13/h10-12H,1-8H2. The molecule has 1 heterocycles. The molecule has 1 heteroatoms. The van der Waals surface area contributed by atoms with Crippen LogP contribution < -0.4 is 0 Å². The molecule has 76 valence electrons. The second kappa shape index (κ2) is 2.20. The van der Waals surface area contributed by atoms with E-state index >= 15 is 0 Å². The molecule has 4 saturated carbocycles. The Labute approximate surface area is 86.2 Å². The van der Waals surface area contributed by atoms with Crippen LogP contribution in [0.25, 0.3) is 0 Å². The van der Waals surface area contributed by atoms with Gasteiger partial charge >= 0.3 is 0 Å². The first-order chi connectivity index (χ1) is 6.75. The third-order valence-corrected chi connectivity index (χ3v) is 5.20. The molecule has 1 nitrogen and oxygen atoms in total. The Morgan fingerprint density at radius 1 is 1.00 bits per heavy atom. The number of rotatable bonds is 1. The highest BCUT2D eigenvalue weighted by Crippen LogP contribution is 2.60. The fourth-order valence-electron chi connectivity index (χ4n) is 5.05. The van der Waals surface area contributed by atoms with Gasteiger partial charge in [0, 0.05) is 11.2 Å². The van der Waals surface area contributed by atoms with E-state index in [1.165, 1.54) is 31.5 Å². The van der Waals surface area contributed by atoms with E-state index in [-0.39, 0.29) is 0 Å². The Morgan fingerprint density at radius 3 is 1.79 bits per heavy atom. The van der Waals surface area contributed by atoms with E-state index in [1.807, 2.05) is 0 Å². The molecule has 5 aliphatic rings. The van der Waals surface area contributed by atoms with Crippen molar-refractivity contribution >= 4 is 0 Å². The molecule has 1 aliphatic heterocycles. The first kappa shape index (κ1) is 7.78. The van der Waals surface area contributed by atoms with Gasteiger partial charge in [0.25, 0.3) is 0 Å². The van der Waals surface area contributed by atoms with Gasteiger partial charge in [0.2, 0.25) is 0 Å². The molecule has 0 N–H and O–H groups in total. The molecule has 0 spiro atoms. The van der Waals surface area contributed by atoms with E-state index in [1.54, 1.807) is 19.3 Å². The first-order valence-electron chi connectivity index (χ1n) is 6.21. The molecular weight excluding hydrogens is 170 g/mol. The lowest BCUT2D eigenvalue weighted by molar-refractivity contribution is -0.0461. The van der Waals surface area contributed by atoms with Crippen LogP contribution in [0.1, 0.15) is 38.5 Å². The Bertz CT molecular complexity index is 269. The van der Waals surface area contributed by atoms with Crippen molar-refractivity contribution in [1.29, 1.82) is 0 Å². The fourth-order valence-corrected chi connectivity index (χ4v) is 5.05. The summed E-state index contributed by atoms with van der Waals surface area (Å²) in [5, 5.41) is 0. The minimum atomic E-state index is 0.617. The summed E-state index contributed by atoms with van der Waals surface area (Å²) in [6.45, 7) is 5.35. The van der Waals surface area contributed by atoms with Crippen LogP contribution in [0.4, 0.5) is 0 Å². The van der Waals surface area contributed by atoms with Crippen LogP contribution in [0.5, 0.6) is 0 Å². The van der Waals surface area contributed by atoms with Gasteiger partial charge in [-0.05, 0) is 56.3 Å². The number of hydrogen-bond donors (Lipinski definition) is 0. The number of hydrogen-bond acceptors (Lipinski definition) is 1. The van der Waals surface area contributed by atoms with Gasteiger partial charge in [-0.2, -0.15) is 0 Å². The van der Waals surface area contributed by atoms with Crippen LogP contribution in [0.3, 0.4) is 0 Å². The molecular formula is C13H19N. The van der Waals surface area contributed by atoms with E-state index in [0.29, 0.717) is 5.54 Å². The minimum absolute atomic E-state index is 0.617. The molecule has 4 bridgehead atoms. The zero-order valence-corrected chi connectivity index (χ0v) is 8.84. The van der Waals surface area contributed by atoms with Crippen LogP contribution in [-0.4, -0.2) is 17.0 Å². The average Bonchev–Trinajstić information content (AvgIpc) is 2.80. The van der Waals surface area contributed by atoms with Gasteiger partial charge in [0.1, 0.15) is 0 Å². The quantitative estimate of drug-likeness (QED) is 0.573. The number of nitrogens with zero attached hydrogens (tertiary/aromatic N) is 1. The van der Waals surface area contributed by atoms with Gasteiger partial charge in [-0.1, -0.05) is 6.58 Å². The summed E-state index contributed by atoms with van der Waals surface area (Å²) in [7, 11) is 0. The monoisotopic (exact) mass is 189 g/mol. The highest BCUT2D eigenvalue weighted by Gasteiger charge is 2.56. The normalized spacial score (nSPS) is 54.1. The molecule has 0 aromatic carbocycles. The summed E-state index contributed by atoms with van der Waals surface area (Å²) in [5.41, 5.74) is 2.04. The largest absolute Gasteiger partial charge is 0.362 e. The predicted octanol–water partition coefficient (Wildman–Crippen LogP) is 2.78. The van der Waals surface area contributed by atoms with E-state index in [2.05, 4.69) is 11.5 Å². The summed E-state index contributed by atoms with van der Waals surface area (Å²) in [6, 6.07) is 0. The van der Waals surface area contributed by atoms with Crippen molar-refractivity contribution in [2.75, 3.05) is 6.54 Å². The van der Waals surface area contributed by atoms with Gasteiger partial charge in [-0.15, -0.1) is 0 Å². The first-order valence-corrected chi connectivity index (χ1v) is 6.21. The SMILES string of the molecule is C=C1CN1C12CC3CC(CC(C3)C1)C2. The van der Waals surface area contributed by atoms with Crippen molar-refractivity contribution in [1.82, 2.24) is 4.90 Å². The smallest absolute Gasteiger partial charge is 0.0576 e. The maximum atomic E-state index is 4.13. The Kier molecular flexibility index (Phi) is 1.22. The van der Waals surface area contributed by atoms with E-state index in [9.17, 15) is 0 Å². The molecule has 0 unspecified atom stereocenters. The Hall–Kier alpha value is -0.460. The van der Waals surface area contributed by atoms with E-state index in [0.717, 1.165) is 17.8 Å². The molecule has 5 rings (SSSR count). The molecule has 14 heavy (non-hydrogen) atoms. The summed E-state index contributed by atoms with van der Waals surface area (Å²) in [4.78, 5) is 2.64. The van der Waals surface area contributed by atoms with Crippen LogP contribution in [0, 0.1) is 17.8 Å². The minimum Gasteiger partial charge on any atom is -0.362 e. The third-order valence-electron chi connectivity index (χ3n) is 5.20. The summed E-state index contributed by atoms with van der Waals surface area (Å²) in [5.74, 6) is 3.24. The van der Waals surface area contributed by atoms with Crippen molar-refractivity contribution in [2.24, 2.45) is 17.8 Å². The molecule has 0 atom stereocenters. The molecule has 0 radical (unpaired) electrons. The second-order valence-electron chi connectivity index (χ2n) is 6.29. The molecule has 4 aliphatic carbocycles. The van der Waals surface area contributed by atoms with Crippen LogP contribution in [0.2, 0.25) is 0 Å². The third kappa shape index (κ3) is 0.863. The summed E-state index contributed by atoms with van der Waals surface area (Å²) < 4.78 is 0. The van der Waals surface area contributed by atoms with Gasteiger partial charge in [0.15, 0.2) is 0 Å². The van der Waals surface area contributed by atoms with Crippen molar-refractivity contribution in [2.45, 2.75) is 44.1 Å². The van der Waals surface area contributed by atoms with Gasteiger partial charge in [-0.3, -0.25) is 0 Å². The maximum Gasteiger partial charge on any atom is 0.0576 e. The molecule has 1 saturated heterocycles. The van der Waals surface area contributed by atoms with Gasteiger partial charge in [-0.25, -0.2) is 0 Å². The average molecular weight is 189 g/mol. The molecule has 0 aromatic rings. The highest BCUT2D eigenvalue weighted by atomic mass is 15.3. The maximum absolute atomic E-state index is 4.13. The van der Waals surface area contributed by atoms with Crippen LogP contribution in [0.15, 0.2) is 12.3 Å². The zero-order chi connectivity index (χ0) is 9.34. The van der Waals surface area contributed by atoms with Gasteiger partial charge < -0.3 is 4.90 Å². The molecule has 5 fully saturated rings. The van der Waals surface area contributed by atoms with Crippen molar-refractivity contribution in [3.8, 4) is 0 Å². The van der Waals surface area contributed by atoms with Crippen molar-refractivity contribution in [3.05, 3.63) is 12.3 Å². The Morgan fingerprint density at radius 2 is 1.43 bits per heavy atom. The van der Waals surface area contributed by atoms with Crippen molar-refractivity contribution in [3.63, 3.8) is 0 Å². The fraction of sp³-hybridized carbons (Fsp3) is 0.846. The van der Waals surface area contributed by atoms with Crippen LogP contribution >= 0.6 is 0 Å². The molecule has 0 amide bonds. The molecule has 0 aromatic heterocycles. The topological polar surface area (TPSA) is 3.01 Å². The summed E-state index contributed by atoms with van der Waals surface area (Å²) >= 11 is 0. The predicted molar refractivity (Wildman–Crippen MR) is 56.7 cm³/mol. The van der Waals surface area contributed by atoms with E-state index < -0.39 is 0 Å². The van der Waals surface area contributed by atoms with E-state index in [4.69, 9.17) is 0 Å². The highest BCUT2D eigenvalue weighted by molar-refractivity contribution is 5.23. The Balaban J connectivity index is 1.71. The summed E-state index contributed by atoms with van der Waals surface area (Å²) in [6.07, 6.45) is 9.16. The van der Waals surface area contributed by atoms with Gasteiger partial charge in [0.05, 0.1) is 6.54 Å². The second-order valence-corrected chi connectivity index (χ2v) is 6.29. The zero-order valence-electron chi connectivity index (χ0n) is 8.84. The lowest BCUT2D eigenvalue weighted by Gasteiger charge is -2.57. The van der Waals surface area contributed by atoms with Crippen molar-refractivity contribution < 1.29 is 0 Å². The lowest BCUT2D eigenvalue weighted by atomic mass is 9.53.